The number of benzene rings is 4. The first-order valence-electron chi connectivity index (χ1n) is 10.5. The summed E-state index contributed by atoms with van der Waals surface area (Å²) in [6.45, 7) is 5.34. The van der Waals surface area contributed by atoms with Crippen molar-refractivity contribution in [3.63, 3.8) is 0 Å². The highest BCUT2D eigenvalue weighted by molar-refractivity contribution is 6.08. The highest BCUT2D eigenvalue weighted by Gasteiger charge is 2.13. The normalized spacial score (nSPS) is 12.2. The van der Waals surface area contributed by atoms with Crippen molar-refractivity contribution in [1.29, 1.82) is 0 Å². The summed E-state index contributed by atoms with van der Waals surface area (Å²) in [4.78, 5) is 0. The average molecular weight is 401 g/mol. The van der Waals surface area contributed by atoms with Crippen molar-refractivity contribution in [2.45, 2.75) is 26.4 Å². The standard InChI is InChI=1S/C27H28O3/c1-4-19(2)29-17-18-30-27-16-14-23(21-10-6-8-12-25(21)27)22-13-15-26(28-3)24-11-7-5-9-20(22)24/h5-16,19H,4,17-18H2,1-3H3. The van der Waals surface area contributed by atoms with Crippen LogP contribution in [0.1, 0.15) is 20.3 Å². The maximum atomic E-state index is 6.08. The van der Waals surface area contributed by atoms with E-state index < -0.39 is 0 Å². The molecule has 1 unspecified atom stereocenters. The Kier molecular flexibility index (Phi) is 6.20. The number of hydrogen-bond acceptors (Lipinski definition) is 3. The lowest BCUT2D eigenvalue weighted by atomic mass is 9.93. The van der Waals surface area contributed by atoms with Gasteiger partial charge in [-0.05, 0) is 47.4 Å². The van der Waals surface area contributed by atoms with E-state index in [-0.39, 0.29) is 6.10 Å². The summed E-state index contributed by atoms with van der Waals surface area (Å²) in [7, 11) is 1.72. The number of hydrogen-bond donors (Lipinski definition) is 0. The molecule has 0 radical (unpaired) electrons. The molecule has 0 fully saturated rings. The van der Waals surface area contributed by atoms with Crippen LogP contribution in [0.15, 0.2) is 72.8 Å². The zero-order valence-corrected chi connectivity index (χ0v) is 17.9. The van der Waals surface area contributed by atoms with Gasteiger partial charge in [-0.2, -0.15) is 0 Å². The van der Waals surface area contributed by atoms with Crippen molar-refractivity contribution in [2.75, 3.05) is 20.3 Å². The van der Waals surface area contributed by atoms with Crippen molar-refractivity contribution in [3.05, 3.63) is 72.8 Å². The first kappa shape index (κ1) is 20.2. The molecule has 4 aromatic carbocycles. The smallest absolute Gasteiger partial charge is 0.127 e. The number of ether oxygens (including phenoxy) is 3. The van der Waals surface area contributed by atoms with Gasteiger partial charge in [-0.15, -0.1) is 0 Å². The lowest BCUT2D eigenvalue weighted by Crippen LogP contribution is -2.13. The van der Waals surface area contributed by atoms with Crippen molar-refractivity contribution < 1.29 is 14.2 Å². The Morgan fingerprint density at radius 3 is 1.77 bits per heavy atom. The molecule has 0 aliphatic carbocycles. The van der Waals surface area contributed by atoms with Gasteiger partial charge < -0.3 is 14.2 Å². The number of methoxy groups -OCH3 is 1. The van der Waals surface area contributed by atoms with Crippen LogP contribution in [-0.4, -0.2) is 26.4 Å². The van der Waals surface area contributed by atoms with E-state index in [1.165, 1.54) is 21.9 Å². The Morgan fingerprint density at radius 2 is 1.20 bits per heavy atom. The van der Waals surface area contributed by atoms with E-state index >= 15 is 0 Å². The average Bonchev–Trinajstić information content (AvgIpc) is 2.81. The summed E-state index contributed by atoms with van der Waals surface area (Å²) in [5.74, 6) is 1.78. The van der Waals surface area contributed by atoms with Crippen LogP contribution in [0, 0.1) is 0 Å². The van der Waals surface area contributed by atoms with Gasteiger partial charge in [0.1, 0.15) is 18.1 Å². The van der Waals surface area contributed by atoms with Crippen molar-refractivity contribution in [3.8, 4) is 22.6 Å². The van der Waals surface area contributed by atoms with Gasteiger partial charge in [-0.1, -0.05) is 67.6 Å². The minimum atomic E-state index is 0.260. The molecule has 30 heavy (non-hydrogen) atoms. The van der Waals surface area contributed by atoms with Gasteiger partial charge in [-0.3, -0.25) is 0 Å². The summed E-state index contributed by atoms with van der Waals surface area (Å²) in [5.41, 5.74) is 2.38. The topological polar surface area (TPSA) is 27.7 Å². The number of rotatable bonds is 8. The van der Waals surface area contributed by atoms with E-state index in [9.17, 15) is 0 Å². The van der Waals surface area contributed by atoms with Crippen molar-refractivity contribution in [1.82, 2.24) is 0 Å². The first-order chi connectivity index (χ1) is 14.7. The van der Waals surface area contributed by atoms with E-state index in [1.807, 2.05) is 12.1 Å². The number of fused-ring (bicyclic) bond motifs is 2. The maximum Gasteiger partial charge on any atom is 0.127 e. The van der Waals surface area contributed by atoms with Crippen LogP contribution in [0.25, 0.3) is 32.7 Å². The quantitative estimate of drug-likeness (QED) is 0.302. The van der Waals surface area contributed by atoms with E-state index in [0.717, 1.165) is 28.7 Å². The molecule has 4 rings (SSSR count). The van der Waals surface area contributed by atoms with Crippen LogP contribution in [-0.2, 0) is 4.74 Å². The van der Waals surface area contributed by atoms with Crippen LogP contribution in [0.2, 0.25) is 0 Å². The minimum absolute atomic E-state index is 0.260. The summed E-state index contributed by atoms with van der Waals surface area (Å²) in [5, 5.41) is 4.58. The molecule has 0 N–H and O–H groups in total. The van der Waals surface area contributed by atoms with Crippen LogP contribution < -0.4 is 9.47 Å². The van der Waals surface area contributed by atoms with Gasteiger partial charge in [-0.25, -0.2) is 0 Å². The van der Waals surface area contributed by atoms with Gasteiger partial charge in [0.2, 0.25) is 0 Å². The van der Waals surface area contributed by atoms with Crippen LogP contribution in [0.4, 0.5) is 0 Å². The molecule has 4 aromatic rings. The minimum Gasteiger partial charge on any atom is -0.496 e. The molecule has 3 heteroatoms. The van der Waals surface area contributed by atoms with Crippen LogP contribution in [0.3, 0.4) is 0 Å². The molecule has 0 aliphatic heterocycles. The Bertz CT molecular complexity index is 1150. The molecule has 0 aromatic heterocycles. The lowest BCUT2D eigenvalue weighted by Gasteiger charge is -2.16. The zero-order valence-electron chi connectivity index (χ0n) is 17.9. The van der Waals surface area contributed by atoms with E-state index in [1.54, 1.807) is 7.11 Å². The van der Waals surface area contributed by atoms with Gasteiger partial charge >= 0.3 is 0 Å². The largest absolute Gasteiger partial charge is 0.496 e. The summed E-state index contributed by atoms with van der Waals surface area (Å²) >= 11 is 0. The highest BCUT2D eigenvalue weighted by Crippen LogP contribution is 2.39. The molecule has 0 aliphatic rings. The van der Waals surface area contributed by atoms with E-state index in [4.69, 9.17) is 14.2 Å². The summed E-state index contributed by atoms with van der Waals surface area (Å²) < 4.78 is 17.4. The predicted molar refractivity (Wildman–Crippen MR) is 125 cm³/mol. The second-order valence-electron chi connectivity index (χ2n) is 7.46. The molecule has 0 saturated carbocycles. The maximum absolute atomic E-state index is 6.08. The van der Waals surface area contributed by atoms with Crippen LogP contribution in [0.5, 0.6) is 11.5 Å². The molecule has 0 saturated heterocycles. The summed E-state index contributed by atoms with van der Waals surface area (Å²) in [6.07, 6.45) is 1.27. The third kappa shape index (κ3) is 3.99. The van der Waals surface area contributed by atoms with E-state index in [2.05, 4.69) is 74.5 Å². The lowest BCUT2D eigenvalue weighted by molar-refractivity contribution is 0.0430. The first-order valence-corrected chi connectivity index (χ1v) is 10.5. The predicted octanol–water partition coefficient (Wildman–Crippen LogP) is 6.86. The van der Waals surface area contributed by atoms with Crippen molar-refractivity contribution >= 4 is 21.5 Å². The molecule has 0 amide bonds. The molecule has 3 nitrogen and oxygen atoms in total. The second kappa shape index (κ2) is 9.19. The van der Waals surface area contributed by atoms with Gasteiger partial charge in [0, 0.05) is 10.8 Å². The fraction of sp³-hybridized carbons (Fsp3) is 0.259. The van der Waals surface area contributed by atoms with Gasteiger partial charge in [0.15, 0.2) is 0 Å². The molecule has 0 heterocycles. The van der Waals surface area contributed by atoms with Crippen molar-refractivity contribution in [2.24, 2.45) is 0 Å². The monoisotopic (exact) mass is 400 g/mol. The van der Waals surface area contributed by atoms with Gasteiger partial charge in [0.25, 0.3) is 0 Å². The third-order valence-electron chi connectivity index (χ3n) is 5.60. The molecule has 0 bridgehead atoms. The Labute approximate surface area is 178 Å². The Hall–Kier alpha value is -3.04. The summed E-state index contributed by atoms with van der Waals surface area (Å²) in [6, 6.07) is 25.2. The molecule has 154 valence electrons. The zero-order chi connectivity index (χ0) is 20.9. The molecule has 1 atom stereocenters. The Balaban J connectivity index is 1.73. The Morgan fingerprint density at radius 1 is 0.667 bits per heavy atom. The SMILES string of the molecule is CCC(C)OCCOc1ccc(-c2ccc(OC)c3ccccc23)c2ccccc12. The fourth-order valence-corrected chi connectivity index (χ4v) is 3.84. The second-order valence-corrected chi connectivity index (χ2v) is 7.46. The molecular formula is C27H28O3. The van der Waals surface area contributed by atoms with E-state index in [0.29, 0.717) is 13.2 Å². The third-order valence-corrected chi connectivity index (χ3v) is 5.60. The van der Waals surface area contributed by atoms with Gasteiger partial charge in [0.05, 0.1) is 19.8 Å². The molecule has 0 spiro atoms. The fourth-order valence-electron chi connectivity index (χ4n) is 3.84. The highest BCUT2D eigenvalue weighted by atomic mass is 16.5. The van der Waals surface area contributed by atoms with Crippen LogP contribution >= 0.6 is 0 Å². The molecular weight excluding hydrogens is 372 g/mol.